The Morgan fingerprint density at radius 1 is 1.71 bits per heavy atom. The van der Waals surface area contributed by atoms with Crippen LogP contribution in [0.2, 0.25) is 0 Å². The monoisotopic (exact) mass is 212 g/mol. The number of methoxy groups -OCH3 is 1. The van der Waals surface area contributed by atoms with E-state index < -0.39 is 0 Å². The van der Waals surface area contributed by atoms with Crippen molar-refractivity contribution in [3.05, 3.63) is 34.9 Å². The van der Waals surface area contributed by atoms with Crippen LogP contribution in [0.1, 0.15) is 0 Å². The Morgan fingerprint density at radius 3 is 3.21 bits per heavy atom. The van der Waals surface area contributed by atoms with Gasteiger partial charge in [0.2, 0.25) is 0 Å². The zero-order valence-electron chi connectivity index (χ0n) is 7.58. The van der Waals surface area contributed by atoms with Gasteiger partial charge in [-0.25, -0.2) is 4.79 Å². The third-order valence-electron chi connectivity index (χ3n) is 2.04. The first kappa shape index (κ1) is 9.15. The summed E-state index contributed by atoms with van der Waals surface area (Å²) >= 11 is 5.89. The third kappa shape index (κ3) is 1.37. The highest BCUT2D eigenvalue weighted by Crippen LogP contribution is 2.25. The van der Waals surface area contributed by atoms with Gasteiger partial charge in [0.05, 0.1) is 13.7 Å². The number of hydrogen-bond donors (Lipinski definition) is 1. The van der Waals surface area contributed by atoms with Crippen molar-refractivity contribution in [2.24, 2.45) is 0 Å². The molecule has 0 aromatic rings. The molecule has 0 aromatic carbocycles. The number of esters is 1. The topological polar surface area (TPSA) is 41.6 Å². The zero-order chi connectivity index (χ0) is 10.1. The standard InChI is InChI=1S/C9H9ClN2O2/c1-14-9(13)7-4-6(10)5-12-3-2-11-8(7)12/h2-4,11H,5H2,1H3. The molecule has 0 aliphatic carbocycles. The molecule has 0 spiro atoms. The van der Waals surface area contributed by atoms with Crippen LogP contribution in [0.3, 0.4) is 0 Å². The lowest BCUT2D eigenvalue weighted by molar-refractivity contribution is -0.135. The van der Waals surface area contributed by atoms with Gasteiger partial charge in [-0.2, -0.15) is 0 Å². The summed E-state index contributed by atoms with van der Waals surface area (Å²) in [5.74, 6) is 0.334. The molecule has 5 heteroatoms. The number of fused-ring (bicyclic) bond motifs is 1. The van der Waals surface area contributed by atoms with E-state index in [9.17, 15) is 4.79 Å². The summed E-state index contributed by atoms with van der Waals surface area (Å²) in [5.41, 5.74) is 0.453. The Bertz CT molecular complexity index is 371. The van der Waals surface area contributed by atoms with Crippen LogP contribution in [0.25, 0.3) is 0 Å². The zero-order valence-corrected chi connectivity index (χ0v) is 8.34. The first-order chi connectivity index (χ1) is 6.72. The SMILES string of the molecule is COC(=O)C1=C2NC=CN2CC(Cl)=C1. The summed E-state index contributed by atoms with van der Waals surface area (Å²) < 4.78 is 4.65. The number of halogens is 1. The molecule has 14 heavy (non-hydrogen) atoms. The summed E-state index contributed by atoms with van der Waals surface area (Å²) in [6, 6.07) is 0. The van der Waals surface area contributed by atoms with Crippen LogP contribution < -0.4 is 5.32 Å². The van der Waals surface area contributed by atoms with E-state index in [0.29, 0.717) is 17.2 Å². The molecule has 0 saturated heterocycles. The van der Waals surface area contributed by atoms with Crippen LogP contribution in [-0.2, 0) is 9.53 Å². The van der Waals surface area contributed by atoms with Gasteiger partial charge in [-0.15, -0.1) is 0 Å². The van der Waals surface area contributed by atoms with Gasteiger partial charge in [-0.3, -0.25) is 0 Å². The number of carbonyl (C=O) groups excluding carboxylic acids is 1. The maximum Gasteiger partial charge on any atom is 0.341 e. The van der Waals surface area contributed by atoms with Crippen molar-refractivity contribution in [2.45, 2.75) is 0 Å². The molecule has 0 saturated carbocycles. The van der Waals surface area contributed by atoms with Crippen molar-refractivity contribution in [1.29, 1.82) is 0 Å². The van der Waals surface area contributed by atoms with Gasteiger partial charge >= 0.3 is 5.97 Å². The highest BCUT2D eigenvalue weighted by molar-refractivity contribution is 6.30. The first-order valence-corrected chi connectivity index (χ1v) is 4.48. The predicted molar refractivity (Wildman–Crippen MR) is 52.0 cm³/mol. The Labute approximate surface area is 86.5 Å². The van der Waals surface area contributed by atoms with Crippen molar-refractivity contribution in [2.75, 3.05) is 13.7 Å². The van der Waals surface area contributed by atoms with E-state index in [1.165, 1.54) is 7.11 Å². The Kier molecular flexibility index (Phi) is 2.21. The highest BCUT2D eigenvalue weighted by atomic mass is 35.5. The second kappa shape index (κ2) is 3.38. The van der Waals surface area contributed by atoms with Crippen molar-refractivity contribution in [3.63, 3.8) is 0 Å². The minimum atomic E-state index is -0.390. The molecule has 0 aromatic heterocycles. The van der Waals surface area contributed by atoms with Crippen molar-refractivity contribution in [3.8, 4) is 0 Å². The van der Waals surface area contributed by atoms with E-state index >= 15 is 0 Å². The molecule has 2 aliphatic heterocycles. The summed E-state index contributed by atoms with van der Waals surface area (Å²) in [6.07, 6.45) is 5.20. The normalized spacial score (nSPS) is 19.0. The minimum Gasteiger partial charge on any atom is -0.465 e. The van der Waals surface area contributed by atoms with Crippen LogP contribution >= 0.6 is 11.6 Å². The van der Waals surface area contributed by atoms with Gasteiger partial charge in [0.25, 0.3) is 0 Å². The fourth-order valence-electron chi connectivity index (χ4n) is 1.43. The largest absolute Gasteiger partial charge is 0.465 e. The van der Waals surface area contributed by atoms with Crippen LogP contribution in [0, 0.1) is 0 Å². The first-order valence-electron chi connectivity index (χ1n) is 4.11. The number of nitrogens with one attached hydrogen (secondary N) is 1. The lowest BCUT2D eigenvalue weighted by Gasteiger charge is -2.23. The predicted octanol–water partition coefficient (Wildman–Crippen LogP) is 0.884. The molecule has 0 radical (unpaired) electrons. The maximum absolute atomic E-state index is 11.4. The molecule has 74 valence electrons. The number of nitrogens with zero attached hydrogens (tertiary/aromatic N) is 1. The highest BCUT2D eigenvalue weighted by Gasteiger charge is 2.25. The Hall–Kier alpha value is -1.42. The van der Waals surface area contributed by atoms with Crippen molar-refractivity contribution in [1.82, 2.24) is 10.2 Å². The van der Waals surface area contributed by atoms with E-state index in [4.69, 9.17) is 11.6 Å². The van der Waals surface area contributed by atoms with Crippen molar-refractivity contribution >= 4 is 17.6 Å². The summed E-state index contributed by atoms with van der Waals surface area (Å²) in [5, 5.41) is 3.58. The van der Waals surface area contributed by atoms with Gasteiger partial charge < -0.3 is 15.0 Å². The summed E-state index contributed by atoms with van der Waals surface area (Å²) in [6.45, 7) is 0.584. The molecule has 2 aliphatic rings. The van der Waals surface area contributed by atoms with E-state index in [2.05, 4.69) is 10.1 Å². The molecule has 0 amide bonds. The minimum absolute atomic E-state index is 0.390. The second-order valence-corrected chi connectivity index (χ2v) is 3.42. The number of ether oxygens (including phenoxy) is 1. The molecule has 4 nitrogen and oxygen atoms in total. The van der Waals surface area contributed by atoms with Gasteiger partial charge in [-0.05, 0) is 6.08 Å². The van der Waals surface area contributed by atoms with Gasteiger partial charge in [-0.1, -0.05) is 11.6 Å². The summed E-state index contributed by atoms with van der Waals surface area (Å²) in [7, 11) is 1.35. The van der Waals surface area contributed by atoms with Crippen LogP contribution in [0.5, 0.6) is 0 Å². The van der Waals surface area contributed by atoms with E-state index in [1.807, 2.05) is 11.1 Å². The number of rotatable bonds is 1. The summed E-state index contributed by atoms with van der Waals surface area (Å²) in [4.78, 5) is 13.2. The maximum atomic E-state index is 11.4. The molecule has 2 heterocycles. The van der Waals surface area contributed by atoms with E-state index in [-0.39, 0.29) is 5.97 Å². The molecule has 0 atom stereocenters. The van der Waals surface area contributed by atoms with E-state index in [0.717, 1.165) is 5.82 Å². The number of hydrogen-bond acceptors (Lipinski definition) is 4. The number of carbonyl (C=O) groups is 1. The average molecular weight is 213 g/mol. The van der Waals surface area contributed by atoms with Crippen LogP contribution in [0.15, 0.2) is 34.9 Å². The second-order valence-electron chi connectivity index (χ2n) is 2.93. The third-order valence-corrected chi connectivity index (χ3v) is 2.27. The fourth-order valence-corrected chi connectivity index (χ4v) is 1.66. The van der Waals surface area contributed by atoms with Crippen molar-refractivity contribution < 1.29 is 9.53 Å². The molecular weight excluding hydrogens is 204 g/mol. The van der Waals surface area contributed by atoms with Gasteiger partial charge in [0.1, 0.15) is 11.4 Å². The quantitative estimate of drug-likeness (QED) is 0.656. The Balaban J connectivity index is 2.40. The Morgan fingerprint density at radius 2 is 2.50 bits per heavy atom. The van der Waals surface area contributed by atoms with Crippen LogP contribution in [-0.4, -0.2) is 24.5 Å². The smallest absolute Gasteiger partial charge is 0.341 e. The molecule has 0 bridgehead atoms. The average Bonchev–Trinajstić information content (AvgIpc) is 2.62. The molecule has 0 fully saturated rings. The van der Waals surface area contributed by atoms with E-state index in [1.54, 1.807) is 12.3 Å². The molecule has 1 N–H and O–H groups in total. The lowest BCUT2D eigenvalue weighted by Crippen LogP contribution is -2.27. The molecule has 0 unspecified atom stereocenters. The molecular formula is C9H9ClN2O2. The lowest BCUT2D eigenvalue weighted by atomic mass is 10.2. The van der Waals surface area contributed by atoms with Gasteiger partial charge in [0, 0.05) is 17.4 Å². The van der Waals surface area contributed by atoms with Gasteiger partial charge in [0.15, 0.2) is 0 Å². The fraction of sp³-hybridized carbons (Fsp3) is 0.222. The molecule has 2 rings (SSSR count). The van der Waals surface area contributed by atoms with Crippen LogP contribution in [0.4, 0.5) is 0 Å².